The first-order valence-corrected chi connectivity index (χ1v) is 8.18. The minimum atomic E-state index is -0.0922. The van der Waals surface area contributed by atoms with Gasteiger partial charge in [-0.1, -0.05) is 24.3 Å². The van der Waals surface area contributed by atoms with Gasteiger partial charge >= 0.3 is 0 Å². The minimum absolute atomic E-state index is 0. The molecule has 24 heavy (non-hydrogen) atoms. The molecule has 0 bridgehead atoms. The zero-order valence-corrected chi connectivity index (χ0v) is 14.7. The quantitative estimate of drug-likeness (QED) is 0.872. The zero-order chi connectivity index (χ0) is 16.2. The predicted octanol–water partition coefficient (Wildman–Crippen LogP) is 3.40. The second-order valence-corrected chi connectivity index (χ2v) is 6.38. The van der Waals surface area contributed by atoms with Crippen LogP contribution in [-0.2, 0) is 11.3 Å². The van der Waals surface area contributed by atoms with Gasteiger partial charge in [-0.05, 0) is 48.6 Å². The molecule has 0 spiro atoms. The van der Waals surface area contributed by atoms with Crippen LogP contribution in [0.5, 0.6) is 0 Å². The van der Waals surface area contributed by atoms with Gasteiger partial charge in [-0.2, -0.15) is 0 Å². The molecule has 4 nitrogen and oxygen atoms in total. The van der Waals surface area contributed by atoms with Crippen LogP contribution in [0.3, 0.4) is 0 Å². The summed E-state index contributed by atoms with van der Waals surface area (Å²) in [5.41, 5.74) is 9.16. The fourth-order valence-corrected chi connectivity index (χ4v) is 2.78. The Bertz CT molecular complexity index is 671. The van der Waals surface area contributed by atoms with E-state index in [0.29, 0.717) is 19.0 Å². The third-order valence-corrected chi connectivity index (χ3v) is 4.08. The van der Waals surface area contributed by atoms with Crippen LogP contribution in [-0.4, -0.2) is 27.9 Å². The van der Waals surface area contributed by atoms with Crippen LogP contribution >= 0.6 is 12.4 Å². The van der Waals surface area contributed by atoms with E-state index < -0.39 is 0 Å². The van der Waals surface area contributed by atoms with Crippen molar-refractivity contribution in [2.24, 2.45) is 5.73 Å². The molecule has 1 heterocycles. The smallest absolute Gasteiger partial charge is 0.224 e. The van der Waals surface area contributed by atoms with Crippen LogP contribution in [0.25, 0.3) is 11.1 Å². The Balaban J connectivity index is 0.00000208. The summed E-state index contributed by atoms with van der Waals surface area (Å²) in [6, 6.07) is 12.6. The standard InChI is InChI=1S/C19H23N3O.ClH/c1-14(20)10-19(23)22(18-7-8-18)13-15-4-2-5-16(11-15)17-6-3-9-21-12-17;/h2-6,9,11-12,14,18H,7-8,10,13,20H2,1H3;1H. The SMILES string of the molecule is CC(N)CC(=O)N(Cc1cccc(-c2cccnc2)c1)C1CC1.Cl. The molecule has 1 amide bonds. The second-order valence-electron chi connectivity index (χ2n) is 6.38. The van der Waals surface area contributed by atoms with Crippen LogP contribution in [0.1, 0.15) is 31.7 Å². The molecule has 128 valence electrons. The summed E-state index contributed by atoms with van der Waals surface area (Å²) >= 11 is 0. The van der Waals surface area contributed by atoms with Crippen molar-refractivity contribution < 1.29 is 4.79 Å². The minimum Gasteiger partial charge on any atom is -0.335 e. The topological polar surface area (TPSA) is 59.2 Å². The molecule has 5 heteroatoms. The third-order valence-electron chi connectivity index (χ3n) is 4.08. The number of nitrogens with two attached hydrogens (primary N) is 1. The van der Waals surface area contributed by atoms with Crippen LogP contribution in [0.2, 0.25) is 0 Å². The Morgan fingerprint density at radius 3 is 2.67 bits per heavy atom. The van der Waals surface area contributed by atoms with Crippen molar-refractivity contribution in [1.29, 1.82) is 0 Å². The monoisotopic (exact) mass is 345 g/mol. The molecule has 1 fully saturated rings. The molecule has 0 aliphatic heterocycles. The lowest BCUT2D eigenvalue weighted by Gasteiger charge is -2.24. The second kappa shape index (κ2) is 8.27. The number of pyridine rings is 1. The highest BCUT2D eigenvalue weighted by atomic mass is 35.5. The van der Waals surface area contributed by atoms with Crippen LogP contribution < -0.4 is 5.73 Å². The summed E-state index contributed by atoms with van der Waals surface area (Å²) in [5, 5.41) is 0. The molecule has 3 rings (SSSR count). The van der Waals surface area contributed by atoms with Crippen molar-refractivity contribution >= 4 is 18.3 Å². The fraction of sp³-hybridized carbons (Fsp3) is 0.368. The van der Waals surface area contributed by atoms with Gasteiger partial charge in [0.2, 0.25) is 5.91 Å². The van der Waals surface area contributed by atoms with Crippen LogP contribution in [0.15, 0.2) is 48.8 Å². The van der Waals surface area contributed by atoms with Gasteiger partial charge < -0.3 is 10.6 Å². The van der Waals surface area contributed by atoms with E-state index in [1.807, 2.05) is 36.2 Å². The molecule has 2 N–H and O–H groups in total. The molecule has 0 saturated heterocycles. The van der Waals surface area contributed by atoms with E-state index in [9.17, 15) is 4.79 Å². The predicted molar refractivity (Wildman–Crippen MR) is 98.8 cm³/mol. The summed E-state index contributed by atoms with van der Waals surface area (Å²) in [4.78, 5) is 18.6. The Morgan fingerprint density at radius 1 is 1.29 bits per heavy atom. The largest absolute Gasteiger partial charge is 0.335 e. The number of hydrogen-bond donors (Lipinski definition) is 1. The number of halogens is 1. The van der Waals surface area contributed by atoms with E-state index in [1.54, 1.807) is 6.20 Å². The highest BCUT2D eigenvalue weighted by molar-refractivity contribution is 5.85. The highest BCUT2D eigenvalue weighted by Crippen LogP contribution is 2.30. The van der Waals surface area contributed by atoms with E-state index in [4.69, 9.17) is 5.73 Å². The molecule has 1 aromatic heterocycles. The van der Waals surface area contributed by atoms with E-state index in [2.05, 4.69) is 23.2 Å². The number of carbonyl (C=O) groups excluding carboxylic acids is 1. The van der Waals surface area contributed by atoms with E-state index >= 15 is 0 Å². The van der Waals surface area contributed by atoms with E-state index in [0.717, 1.165) is 29.5 Å². The number of aromatic nitrogens is 1. The van der Waals surface area contributed by atoms with Crippen molar-refractivity contribution in [2.45, 2.75) is 44.8 Å². The lowest BCUT2D eigenvalue weighted by atomic mass is 10.0. The first-order chi connectivity index (χ1) is 11.1. The number of amides is 1. The molecular formula is C19H24ClN3O. The van der Waals surface area contributed by atoms with Gasteiger partial charge in [0, 0.05) is 37.4 Å². The Morgan fingerprint density at radius 2 is 2.04 bits per heavy atom. The van der Waals surface area contributed by atoms with Gasteiger partial charge in [0.05, 0.1) is 0 Å². The Kier molecular flexibility index (Phi) is 6.35. The molecule has 0 radical (unpaired) electrons. The van der Waals surface area contributed by atoms with Gasteiger partial charge in [-0.25, -0.2) is 0 Å². The van der Waals surface area contributed by atoms with Crippen LogP contribution in [0.4, 0.5) is 0 Å². The first kappa shape index (κ1) is 18.4. The van der Waals surface area contributed by atoms with Crippen molar-refractivity contribution in [3.8, 4) is 11.1 Å². The molecule has 1 unspecified atom stereocenters. The fourth-order valence-electron chi connectivity index (χ4n) is 2.78. The average Bonchev–Trinajstić information content (AvgIpc) is 3.38. The molecule has 1 atom stereocenters. The van der Waals surface area contributed by atoms with Gasteiger partial charge in [0.1, 0.15) is 0 Å². The maximum absolute atomic E-state index is 12.4. The van der Waals surface area contributed by atoms with Crippen molar-refractivity contribution in [3.63, 3.8) is 0 Å². The van der Waals surface area contributed by atoms with Gasteiger partial charge in [0.25, 0.3) is 0 Å². The summed E-state index contributed by atoms with van der Waals surface area (Å²) in [7, 11) is 0. The first-order valence-electron chi connectivity index (χ1n) is 8.18. The molecule has 1 aliphatic carbocycles. The number of benzene rings is 1. The molecule has 1 aliphatic rings. The molecule has 2 aromatic rings. The van der Waals surface area contributed by atoms with E-state index in [-0.39, 0.29) is 24.4 Å². The van der Waals surface area contributed by atoms with Gasteiger partial charge in [-0.15, -0.1) is 12.4 Å². The molecular weight excluding hydrogens is 322 g/mol. The van der Waals surface area contributed by atoms with Crippen molar-refractivity contribution in [2.75, 3.05) is 0 Å². The number of hydrogen-bond acceptors (Lipinski definition) is 3. The van der Waals surface area contributed by atoms with Gasteiger partial charge in [0.15, 0.2) is 0 Å². The third kappa shape index (κ3) is 4.79. The lowest BCUT2D eigenvalue weighted by molar-refractivity contribution is -0.132. The maximum atomic E-state index is 12.4. The highest BCUT2D eigenvalue weighted by Gasteiger charge is 2.32. The Hall–Kier alpha value is -1.91. The zero-order valence-electron chi connectivity index (χ0n) is 13.9. The van der Waals surface area contributed by atoms with Crippen molar-refractivity contribution in [1.82, 2.24) is 9.88 Å². The van der Waals surface area contributed by atoms with Gasteiger partial charge in [-0.3, -0.25) is 9.78 Å². The Labute approximate surface area is 149 Å². The summed E-state index contributed by atoms with van der Waals surface area (Å²) in [6.45, 7) is 2.54. The van der Waals surface area contributed by atoms with Crippen molar-refractivity contribution in [3.05, 3.63) is 54.4 Å². The average molecular weight is 346 g/mol. The summed E-state index contributed by atoms with van der Waals surface area (Å²) < 4.78 is 0. The maximum Gasteiger partial charge on any atom is 0.224 e. The summed E-state index contributed by atoms with van der Waals surface area (Å²) in [6.07, 6.45) is 6.26. The number of nitrogens with zero attached hydrogens (tertiary/aromatic N) is 2. The molecule has 1 saturated carbocycles. The summed E-state index contributed by atoms with van der Waals surface area (Å²) in [5.74, 6) is 0.161. The number of carbonyl (C=O) groups is 1. The molecule has 1 aromatic carbocycles. The lowest BCUT2D eigenvalue weighted by Crippen LogP contribution is -2.36. The van der Waals surface area contributed by atoms with E-state index in [1.165, 1.54) is 0 Å². The van der Waals surface area contributed by atoms with Crippen LogP contribution in [0, 0.1) is 0 Å². The normalized spacial score (nSPS) is 14.6. The number of rotatable bonds is 6.